The Bertz CT molecular complexity index is 918. The van der Waals surface area contributed by atoms with Crippen molar-refractivity contribution in [1.29, 1.82) is 0 Å². The maximum atomic E-state index is 11.8. The summed E-state index contributed by atoms with van der Waals surface area (Å²) in [4.78, 5) is 33.8. The highest BCUT2D eigenvalue weighted by molar-refractivity contribution is 5.80. The van der Waals surface area contributed by atoms with Gasteiger partial charge in [0.25, 0.3) is 0 Å². The van der Waals surface area contributed by atoms with Crippen molar-refractivity contribution >= 4 is 17.7 Å². The minimum atomic E-state index is -1.48. The van der Waals surface area contributed by atoms with Gasteiger partial charge < -0.3 is 24.3 Å². The molecule has 0 aliphatic rings. The number of benzene rings is 1. The molecule has 0 saturated carbocycles. The Labute approximate surface area is 165 Å². The first kappa shape index (κ1) is 21.6. The number of carboxylic acid groups (broad SMARTS) is 1. The molecule has 12 heteroatoms. The van der Waals surface area contributed by atoms with Crippen LogP contribution in [0.2, 0.25) is 0 Å². The summed E-state index contributed by atoms with van der Waals surface area (Å²) in [5.74, 6) is -1.20. The molecule has 1 aromatic heterocycles. The van der Waals surface area contributed by atoms with Crippen LogP contribution in [0.4, 0.5) is 10.5 Å². The Balaban J connectivity index is 2.15. The zero-order valence-electron chi connectivity index (χ0n) is 16.2. The Hall–Kier alpha value is -3.70. The Morgan fingerprint density at radius 2 is 2.03 bits per heavy atom. The summed E-state index contributed by atoms with van der Waals surface area (Å²) in [7, 11) is 0. The number of aryl methyl sites for hydroxylation is 1. The van der Waals surface area contributed by atoms with Crippen LogP contribution in [-0.2, 0) is 9.53 Å². The van der Waals surface area contributed by atoms with Gasteiger partial charge in [0.1, 0.15) is 12.2 Å². The SMILES string of the molecule is Cc1nnc(-c2ccc(OC[C@H](NC(=O)OC(C)(C)C)C(=O)O)c([N+](=O)[O-])c2)o1. The van der Waals surface area contributed by atoms with Crippen molar-refractivity contribution in [2.24, 2.45) is 0 Å². The number of nitro benzene ring substituents is 1. The molecule has 156 valence electrons. The van der Waals surface area contributed by atoms with E-state index in [2.05, 4.69) is 15.5 Å². The maximum Gasteiger partial charge on any atom is 0.408 e. The van der Waals surface area contributed by atoms with Crippen molar-refractivity contribution < 1.29 is 33.5 Å². The molecule has 1 heterocycles. The van der Waals surface area contributed by atoms with Crippen molar-refractivity contribution in [3.63, 3.8) is 0 Å². The zero-order valence-corrected chi connectivity index (χ0v) is 16.2. The first-order valence-electron chi connectivity index (χ1n) is 8.40. The highest BCUT2D eigenvalue weighted by atomic mass is 16.6. The first-order chi connectivity index (χ1) is 13.5. The van der Waals surface area contributed by atoms with Crippen molar-refractivity contribution in [3.8, 4) is 17.2 Å². The quantitative estimate of drug-likeness (QED) is 0.512. The fraction of sp³-hybridized carbons (Fsp3) is 0.412. The third kappa shape index (κ3) is 6.16. The van der Waals surface area contributed by atoms with E-state index >= 15 is 0 Å². The standard InChI is InChI=1S/C17H20N4O8/c1-9-19-20-14(28-9)10-5-6-13(12(7-10)21(25)26)27-8-11(15(22)23)18-16(24)29-17(2,3)4/h5-7,11H,8H2,1-4H3,(H,18,24)(H,22,23)/t11-/m0/s1. The Morgan fingerprint density at radius 3 is 2.55 bits per heavy atom. The minimum absolute atomic E-state index is 0.0900. The predicted octanol–water partition coefficient (Wildman–Crippen LogP) is 2.31. The number of carbonyl (C=O) groups is 2. The highest BCUT2D eigenvalue weighted by Gasteiger charge is 2.26. The molecule has 0 spiro atoms. The number of ether oxygens (including phenoxy) is 2. The number of aromatic nitrogens is 2. The van der Waals surface area contributed by atoms with Gasteiger partial charge >= 0.3 is 17.7 Å². The van der Waals surface area contributed by atoms with E-state index in [1.807, 2.05) is 0 Å². The smallest absolute Gasteiger partial charge is 0.408 e. The number of hydrogen-bond acceptors (Lipinski definition) is 9. The molecule has 0 aliphatic carbocycles. The van der Waals surface area contributed by atoms with E-state index < -0.39 is 40.9 Å². The van der Waals surface area contributed by atoms with Gasteiger partial charge in [-0.05, 0) is 32.9 Å². The number of nitrogens with zero attached hydrogens (tertiary/aromatic N) is 3. The molecule has 0 unspecified atom stereocenters. The lowest BCUT2D eigenvalue weighted by Gasteiger charge is -2.22. The lowest BCUT2D eigenvalue weighted by molar-refractivity contribution is -0.385. The number of carboxylic acids is 1. The van der Waals surface area contributed by atoms with Crippen molar-refractivity contribution in [2.45, 2.75) is 39.3 Å². The molecule has 0 radical (unpaired) electrons. The molecule has 0 aliphatic heterocycles. The van der Waals surface area contributed by atoms with Gasteiger partial charge in [0.15, 0.2) is 11.8 Å². The summed E-state index contributed by atoms with van der Waals surface area (Å²) in [6.07, 6.45) is -0.954. The molecule has 1 amide bonds. The van der Waals surface area contributed by atoms with Gasteiger partial charge in [-0.2, -0.15) is 0 Å². The minimum Gasteiger partial charge on any atom is -0.484 e. The normalized spacial score (nSPS) is 12.1. The molecule has 12 nitrogen and oxygen atoms in total. The molecular weight excluding hydrogens is 388 g/mol. The van der Waals surface area contributed by atoms with E-state index in [0.29, 0.717) is 11.5 Å². The average molecular weight is 408 g/mol. The molecule has 0 bridgehead atoms. The van der Waals surface area contributed by atoms with Crippen LogP contribution in [-0.4, -0.2) is 50.5 Å². The van der Waals surface area contributed by atoms with Crippen LogP contribution in [0.15, 0.2) is 22.6 Å². The van der Waals surface area contributed by atoms with Crippen LogP contribution in [0.3, 0.4) is 0 Å². The van der Waals surface area contributed by atoms with E-state index in [4.69, 9.17) is 13.9 Å². The van der Waals surface area contributed by atoms with Crippen LogP contribution in [0.25, 0.3) is 11.5 Å². The van der Waals surface area contributed by atoms with Gasteiger partial charge in [0.05, 0.1) is 4.92 Å². The summed E-state index contributed by atoms with van der Waals surface area (Å²) in [6, 6.07) is 2.41. The summed E-state index contributed by atoms with van der Waals surface area (Å²) < 4.78 is 15.5. The van der Waals surface area contributed by atoms with Crippen molar-refractivity contribution in [3.05, 3.63) is 34.2 Å². The average Bonchev–Trinajstić information content (AvgIpc) is 3.03. The van der Waals surface area contributed by atoms with Gasteiger partial charge in [0.2, 0.25) is 11.8 Å². The largest absolute Gasteiger partial charge is 0.484 e. The second-order valence-electron chi connectivity index (χ2n) is 6.91. The predicted molar refractivity (Wildman–Crippen MR) is 97.4 cm³/mol. The number of rotatable bonds is 7. The number of amides is 1. The lowest BCUT2D eigenvalue weighted by Crippen LogP contribution is -2.46. The van der Waals surface area contributed by atoms with E-state index in [1.54, 1.807) is 27.7 Å². The van der Waals surface area contributed by atoms with E-state index in [1.165, 1.54) is 18.2 Å². The molecule has 2 N–H and O–H groups in total. The molecule has 0 fully saturated rings. The third-order valence-corrected chi connectivity index (χ3v) is 3.32. The number of nitrogens with one attached hydrogen (secondary N) is 1. The summed E-state index contributed by atoms with van der Waals surface area (Å²) in [5.41, 5.74) is -0.957. The third-order valence-electron chi connectivity index (χ3n) is 3.32. The maximum absolute atomic E-state index is 11.8. The fourth-order valence-electron chi connectivity index (χ4n) is 2.13. The highest BCUT2D eigenvalue weighted by Crippen LogP contribution is 2.32. The van der Waals surface area contributed by atoms with Crippen molar-refractivity contribution in [2.75, 3.05) is 6.61 Å². The molecular formula is C17H20N4O8. The number of nitro groups is 1. The molecule has 0 saturated heterocycles. The van der Waals surface area contributed by atoms with Crippen LogP contribution < -0.4 is 10.1 Å². The van der Waals surface area contributed by atoms with Gasteiger partial charge in [-0.3, -0.25) is 10.1 Å². The van der Waals surface area contributed by atoms with Gasteiger partial charge in [-0.25, -0.2) is 9.59 Å². The number of alkyl carbamates (subject to hydrolysis) is 1. The number of aliphatic carboxylic acids is 1. The van der Waals surface area contributed by atoms with Gasteiger partial charge in [-0.15, -0.1) is 10.2 Å². The van der Waals surface area contributed by atoms with Crippen molar-refractivity contribution in [1.82, 2.24) is 15.5 Å². The number of carbonyl (C=O) groups excluding carboxylic acids is 1. The summed E-state index contributed by atoms with van der Waals surface area (Å²) >= 11 is 0. The monoisotopic (exact) mass is 408 g/mol. The zero-order chi connectivity index (χ0) is 21.8. The van der Waals surface area contributed by atoms with Crippen LogP contribution in [0, 0.1) is 17.0 Å². The van der Waals surface area contributed by atoms with Crippen LogP contribution >= 0.6 is 0 Å². The molecule has 1 aromatic carbocycles. The topological polar surface area (TPSA) is 167 Å². The van der Waals surface area contributed by atoms with Gasteiger partial charge in [-0.1, -0.05) is 0 Å². The molecule has 29 heavy (non-hydrogen) atoms. The van der Waals surface area contributed by atoms with E-state index in [9.17, 15) is 24.8 Å². The Kier molecular flexibility index (Phi) is 6.36. The lowest BCUT2D eigenvalue weighted by atomic mass is 10.2. The van der Waals surface area contributed by atoms with Crippen LogP contribution in [0.1, 0.15) is 26.7 Å². The summed E-state index contributed by atoms with van der Waals surface area (Å²) in [6.45, 7) is 5.87. The first-order valence-corrected chi connectivity index (χ1v) is 8.40. The Morgan fingerprint density at radius 1 is 1.34 bits per heavy atom. The summed E-state index contributed by atoms with van der Waals surface area (Å²) in [5, 5.41) is 30.2. The molecule has 2 rings (SSSR count). The number of hydrogen-bond donors (Lipinski definition) is 2. The van der Waals surface area contributed by atoms with E-state index in [-0.39, 0.29) is 11.6 Å². The second-order valence-corrected chi connectivity index (χ2v) is 6.91. The van der Waals surface area contributed by atoms with Gasteiger partial charge in [0, 0.05) is 18.6 Å². The van der Waals surface area contributed by atoms with Crippen LogP contribution in [0.5, 0.6) is 5.75 Å². The second kappa shape index (κ2) is 8.54. The fourth-order valence-corrected chi connectivity index (χ4v) is 2.13. The van der Waals surface area contributed by atoms with E-state index in [0.717, 1.165) is 0 Å². The molecule has 1 atom stereocenters. The molecule has 2 aromatic rings.